The van der Waals surface area contributed by atoms with Crippen LogP contribution >= 0.6 is 15.9 Å². The van der Waals surface area contributed by atoms with Crippen molar-refractivity contribution in [3.63, 3.8) is 0 Å². The number of morpholine rings is 1. The molecule has 1 heterocycles. The van der Waals surface area contributed by atoms with E-state index in [-0.39, 0.29) is 18.0 Å². The normalized spacial score (nSPS) is 21.4. The predicted octanol–water partition coefficient (Wildman–Crippen LogP) is 2.83. The van der Waals surface area contributed by atoms with Crippen molar-refractivity contribution < 1.29 is 9.13 Å². The zero-order chi connectivity index (χ0) is 15.2. The third-order valence-electron chi connectivity index (χ3n) is 3.99. The summed E-state index contributed by atoms with van der Waals surface area (Å²) in [4.78, 5) is 2.43. The molecule has 1 N–H and O–H groups in total. The molecule has 1 aliphatic heterocycles. The second kappa shape index (κ2) is 8.22. The molecule has 3 nitrogen and oxygen atoms in total. The number of likely N-dealkylation sites (N-methyl/N-ethyl adjacent to an activating group) is 1. The molecule has 0 radical (unpaired) electrons. The summed E-state index contributed by atoms with van der Waals surface area (Å²) in [6.07, 6.45) is 1.90. The van der Waals surface area contributed by atoms with Gasteiger partial charge >= 0.3 is 0 Å². The van der Waals surface area contributed by atoms with E-state index >= 15 is 0 Å². The second-order valence-electron chi connectivity index (χ2n) is 5.54. The molecular formula is C16H24BrFN2O. The Morgan fingerprint density at radius 2 is 2.33 bits per heavy atom. The number of hydrogen-bond acceptors (Lipinski definition) is 3. The lowest BCUT2D eigenvalue weighted by Gasteiger charge is -2.37. The number of rotatable bonds is 6. The van der Waals surface area contributed by atoms with Crippen LogP contribution in [0, 0.1) is 5.82 Å². The van der Waals surface area contributed by atoms with Crippen LogP contribution in [0.15, 0.2) is 22.7 Å². The lowest BCUT2D eigenvalue weighted by molar-refractivity contribution is -0.0451. The van der Waals surface area contributed by atoms with Gasteiger partial charge in [-0.2, -0.15) is 0 Å². The Bertz CT molecular complexity index is 456. The van der Waals surface area contributed by atoms with Gasteiger partial charge in [-0.05, 0) is 44.1 Å². The first-order chi connectivity index (χ1) is 10.1. The highest BCUT2D eigenvalue weighted by Gasteiger charge is 2.27. The molecule has 1 saturated heterocycles. The molecule has 2 atom stereocenters. The lowest BCUT2D eigenvalue weighted by Crippen LogP contribution is -2.52. The van der Waals surface area contributed by atoms with Crippen molar-refractivity contribution in [3.05, 3.63) is 34.1 Å². The molecule has 0 spiro atoms. The van der Waals surface area contributed by atoms with Crippen LogP contribution in [0.4, 0.5) is 4.39 Å². The highest BCUT2D eigenvalue weighted by molar-refractivity contribution is 9.10. The monoisotopic (exact) mass is 358 g/mol. The van der Waals surface area contributed by atoms with Gasteiger partial charge < -0.3 is 10.1 Å². The maximum absolute atomic E-state index is 14.0. The van der Waals surface area contributed by atoms with Crippen LogP contribution in [0.2, 0.25) is 0 Å². The molecule has 0 aliphatic carbocycles. The van der Waals surface area contributed by atoms with Crippen LogP contribution in [0.3, 0.4) is 0 Å². The van der Waals surface area contributed by atoms with Crippen molar-refractivity contribution in [2.24, 2.45) is 0 Å². The molecule has 0 aromatic heterocycles. The molecule has 1 aliphatic rings. The summed E-state index contributed by atoms with van der Waals surface area (Å²) in [5, 5.41) is 3.29. The Morgan fingerprint density at radius 1 is 1.52 bits per heavy atom. The average molecular weight is 359 g/mol. The quantitative estimate of drug-likeness (QED) is 0.846. The van der Waals surface area contributed by atoms with E-state index in [1.165, 1.54) is 6.07 Å². The van der Waals surface area contributed by atoms with E-state index < -0.39 is 0 Å². The zero-order valence-corrected chi connectivity index (χ0v) is 14.3. The van der Waals surface area contributed by atoms with E-state index in [1.54, 1.807) is 0 Å². The van der Waals surface area contributed by atoms with Gasteiger partial charge in [0.05, 0.1) is 12.7 Å². The minimum Gasteiger partial charge on any atom is -0.374 e. The highest BCUT2D eigenvalue weighted by Crippen LogP contribution is 2.19. The van der Waals surface area contributed by atoms with Crippen LogP contribution in [0.1, 0.15) is 18.9 Å². The molecule has 21 heavy (non-hydrogen) atoms. The van der Waals surface area contributed by atoms with Crippen molar-refractivity contribution in [2.45, 2.75) is 31.9 Å². The molecule has 0 saturated carbocycles. The maximum Gasteiger partial charge on any atom is 0.127 e. The minimum absolute atomic E-state index is 0.110. The van der Waals surface area contributed by atoms with Crippen LogP contribution in [-0.2, 0) is 11.2 Å². The highest BCUT2D eigenvalue weighted by atomic mass is 79.9. The van der Waals surface area contributed by atoms with Crippen molar-refractivity contribution in [1.82, 2.24) is 10.2 Å². The van der Waals surface area contributed by atoms with E-state index in [0.29, 0.717) is 6.42 Å². The van der Waals surface area contributed by atoms with Crippen molar-refractivity contribution in [3.8, 4) is 0 Å². The smallest absolute Gasteiger partial charge is 0.127 e. The Hall–Kier alpha value is -0.490. The van der Waals surface area contributed by atoms with E-state index in [4.69, 9.17) is 4.74 Å². The van der Waals surface area contributed by atoms with Gasteiger partial charge in [0, 0.05) is 23.6 Å². The van der Waals surface area contributed by atoms with E-state index in [1.807, 2.05) is 19.2 Å². The summed E-state index contributed by atoms with van der Waals surface area (Å²) >= 11 is 3.29. The molecule has 118 valence electrons. The number of nitrogens with zero attached hydrogens (tertiary/aromatic N) is 1. The van der Waals surface area contributed by atoms with Crippen LogP contribution in [-0.4, -0.2) is 50.3 Å². The molecule has 2 unspecified atom stereocenters. The zero-order valence-electron chi connectivity index (χ0n) is 12.7. The molecule has 1 fully saturated rings. The predicted molar refractivity (Wildman–Crippen MR) is 87.1 cm³/mol. The number of benzene rings is 1. The van der Waals surface area contributed by atoms with Gasteiger partial charge in [-0.1, -0.05) is 28.9 Å². The Kier molecular flexibility index (Phi) is 6.61. The first-order valence-electron chi connectivity index (χ1n) is 7.59. The van der Waals surface area contributed by atoms with Gasteiger partial charge in [-0.3, -0.25) is 4.90 Å². The topological polar surface area (TPSA) is 24.5 Å². The SMILES string of the molecule is CCCN1CCOC(C(Cc2ccc(Br)cc2F)NC)C1. The molecule has 1 aromatic rings. The van der Waals surface area contributed by atoms with Crippen molar-refractivity contribution in [2.75, 3.05) is 33.3 Å². The van der Waals surface area contributed by atoms with Crippen molar-refractivity contribution >= 4 is 15.9 Å². The summed E-state index contributed by atoms with van der Waals surface area (Å²) in [6, 6.07) is 5.38. The van der Waals surface area contributed by atoms with E-state index in [9.17, 15) is 4.39 Å². The molecular weight excluding hydrogens is 335 g/mol. The molecule has 0 bridgehead atoms. The number of nitrogens with one attached hydrogen (secondary N) is 1. The van der Waals surface area contributed by atoms with Crippen LogP contribution < -0.4 is 5.32 Å². The second-order valence-corrected chi connectivity index (χ2v) is 6.46. The molecule has 2 rings (SSSR count). The molecule has 1 aromatic carbocycles. The van der Waals surface area contributed by atoms with Gasteiger partial charge in [-0.25, -0.2) is 4.39 Å². The van der Waals surface area contributed by atoms with Gasteiger partial charge in [0.15, 0.2) is 0 Å². The van der Waals surface area contributed by atoms with Crippen LogP contribution in [0.25, 0.3) is 0 Å². The molecule has 0 amide bonds. The van der Waals surface area contributed by atoms with E-state index in [2.05, 4.69) is 33.1 Å². The lowest BCUT2D eigenvalue weighted by atomic mass is 9.99. The third-order valence-corrected chi connectivity index (χ3v) is 4.49. The fraction of sp³-hybridized carbons (Fsp3) is 0.625. The van der Waals surface area contributed by atoms with Crippen molar-refractivity contribution in [1.29, 1.82) is 0 Å². The van der Waals surface area contributed by atoms with Gasteiger partial charge in [0.1, 0.15) is 5.82 Å². The minimum atomic E-state index is -0.161. The number of ether oxygens (including phenoxy) is 1. The summed E-state index contributed by atoms with van der Waals surface area (Å²) in [6.45, 7) is 5.96. The Morgan fingerprint density at radius 3 is 3.00 bits per heavy atom. The standard InChI is InChI=1S/C16H24BrFN2O/c1-3-6-20-7-8-21-16(11-20)15(19-2)9-12-4-5-13(17)10-14(12)18/h4-5,10,15-16,19H,3,6-9,11H2,1-2H3. The Labute approximate surface area is 135 Å². The fourth-order valence-corrected chi connectivity index (χ4v) is 3.17. The summed E-state index contributed by atoms with van der Waals surface area (Å²) in [5.74, 6) is -0.161. The third kappa shape index (κ3) is 4.74. The van der Waals surface area contributed by atoms with Crippen LogP contribution in [0.5, 0.6) is 0 Å². The average Bonchev–Trinajstić information content (AvgIpc) is 2.47. The largest absolute Gasteiger partial charge is 0.374 e. The first-order valence-corrected chi connectivity index (χ1v) is 8.38. The van der Waals surface area contributed by atoms with Gasteiger partial charge in [0.25, 0.3) is 0 Å². The maximum atomic E-state index is 14.0. The van der Waals surface area contributed by atoms with Gasteiger partial charge in [-0.15, -0.1) is 0 Å². The summed E-state index contributed by atoms with van der Waals surface area (Å²) in [5.41, 5.74) is 0.730. The van der Waals surface area contributed by atoms with Gasteiger partial charge in [0.2, 0.25) is 0 Å². The summed E-state index contributed by atoms with van der Waals surface area (Å²) < 4.78 is 20.7. The number of hydrogen-bond donors (Lipinski definition) is 1. The molecule has 5 heteroatoms. The Balaban J connectivity index is 2.01. The number of halogens is 2. The first kappa shape index (κ1) is 16.9. The fourth-order valence-electron chi connectivity index (χ4n) is 2.84. The summed E-state index contributed by atoms with van der Waals surface area (Å²) in [7, 11) is 1.92. The van der Waals surface area contributed by atoms with E-state index in [0.717, 1.165) is 42.7 Å².